The molecule has 0 radical (unpaired) electrons. The van der Waals surface area contributed by atoms with E-state index in [1.165, 1.54) is 5.56 Å². The lowest BCUT2D eigenvalue weighted by molar-refractivity contribution is -0.150. The number of likely N-dealkylation sites (tertiary alicyclic amines) is 1. The number of benzene rings is 1. The third-order valence-corrected chi connectivity index (χ3v) is 7.07. The Labute approximate surface area is 208 Å². The van der Waals surface area contributed by atoms with Gasteiger partial charge in [-0.1, -0.05) is 37.3 Å². The van der Waals surface area contributed by atoms with E-state index in [9.17, 15) is 14.7 Å². The van der Waals surface area contributed by atoms with Crippen molar-refractivity contribution in [3.05, 3.63) is 35.9 Å². The lowest BCUT2D eigenvalue weighted by Crippen LogP contribution is -2.59. The number of carbonyl (C=O) groups is 2. The summed E-state index contributed by atoms with van der Waals surface area (Å²) in [6, 6.07) is 10.2. The number of aliphatic hydroxyl groups is 1. The van der Waals surface area contributed by atoms with Gasteiger partial charge in [0.05, 0.1) is 44.4 Å². The fraction of sp³-hybridized carbons (Fsp3) is 0.692. The van der Waals surface area contributed by atoms with Crippen molar-refractivity contribution < 1.29 is 24.2 Å². The minimum absolute atomic E-state index is 0.0136. The van der Waals surface area contributed by atoms with Gasteiger partial charge in [0, 0.05) is 32.2 Å². The second-order valence-electron chi connectivity index (χ2n) is 9.99. The maximum atomic E-state index is 12.8. The average molecular weight is 489 g/mol. The molecule has 9 heteroatoms. The van der Waals surface area contributed by atoms with E-state index in [4.69, 9.17) is 9.47 Å². The van der Waals surface area contributed by atoms with Gasteiger partial charge in [0.1, 0.15) is 6.10 Å². The lowest BCUT2D eigenvalue weighted by Gasteiger charge is -2.44. The monoisotopic (exact) mass is 488 g/mol. The Morgan fingerprint density at radius 1 is 1.11 bits per heavy atom. The summed E-state index contributed by atoms with van der Waals surface area (Å²) in [6.07, 6.45) is 2.27. The summed E-state index contributed by atoms with van der Waals surface area (Å²) in [5.74, 6) is 0.0136. The van der Waals surface area contributed by atoms with Gasteiger partial charge >= 0.3 is 6.03 Å². The van der Waals surface area contributed by atoms with Gasteiger partial charge in [0.25, 0.3) is 0 Å². The molecule has 0 spiro atoms. The Morgan fingerprint density at radius 2 is 1.94 bits per heavy atom. The number of fused-ring (bicyclic) bond motifs is 1. The molecule has 0 saturated carbocycles. The zero-order valence-corrected chi connectivity index (χ0v) is 20.7. The van der Waals surface area contributed by atoms with Gasteiger partial charge in [0.15, 0.2) is 0 Å². The standard InChI is InChI=1S/C26H40N4O5/c1-2-11-27-26(33)30-16-21(31)17-34-18-24-23(30)9-8-22(35-24)13-25(32)28-20-10-12-29(15-20)14-19-6-4-3-5-7-19/h3-7,20-24,31H,2,8-18H2,1H3,(H,27,33)(H,28,32)/t20-,21+,22-,23-,24+/m0/s1. The minimum atomic E-state index is -0.723. The predicted molar refractivity (Wildman–Crippen MR) is 132 cm³/mol. The number of ether oxygens (including phenoxy) is 2. The molecular weight excluding hydrogens is 448 g/mol. The quantitative estimate of drug-likeness (QED) is 0.538. The van der Waals surface area contributed by atoms with Crippen LogP contribution in [0.15, 0.2) is 30.3 Å². The Bertz CT molecular complexity index is 825. The Morgan fingerprint density at radius 3 is 2.74 bits per heavy atom. The number of rotatable bonds is 7. The van der Waals surface area contributed by atoms with Crippen molar-refractivity contribution in [3.63, 3.8) is 0 Å². The number of aliphatic hydroxyl groups excluding tert-OH is 1. The molecule has 0 unspecified atom stereocenters. The van der Waals surface area contributed by atoms with Crippen molar-refractivity contribution >= 4 is 11.9 Å². The smallest absolute Gasteiger partial charge is 0.317 e. The second kappa shape index (κ2) is 12.7. The highest BCUT2D eigenvalue weighted by molar-refractivity contribution is 5.77. The number of carbonyl (C=O) groups excluding carboxylic acids is 2. The van der Waals surface area contributed by atoms with Crippen LogP contribution >= 0.6 is 0 Å². The summed E-state index contributed by atoms with van der Waals surface area (Å²) < 4.78 is 11.9. The van der Waals surface area contributed by atoms with E-state index >= 15 is 0 Å². The van der Waals surface area contributed by atoms with Crippen molar-refractivity contribution in [1.29, 1.82) is 0 Å². The van der Waals surface area contributed by atoms with Crippen LogP contribution in [0.2, 0.25) is 0 Å². The third-order valence-electron chi connectivity index (χ3n) is 7.07. The van der Waals surface area contributed by atoms with Crippen LogP contribution in [0.1, 0.15) is 44.6 Å². The molecule has 3 aliphatic heterocycles. The van der Waals surface area contributed by atoms with Crippen molar-refractivity contribution in [3.8, 4) is 0 Å². The van der Waals surface area contributed by atoms with Gasteiger partial charge in [-0.15, -0.1) is 0 Å². The molecule has 1 aromatic carbocycles. The number of hydrogen-bond donors (Lipinski definition) is 3. The van der Waals surface area contributed by atoms with Crippen molar-refractivity contribution in [2.24, 2.45) is 0 Å². The van der Waals surface area contributed by atoms with Gasteiger partial charge in [-0.3, -0.25) is 9.69 Å². The maximum absolute atomic E-state index is 12.8. The highest BCUT2D eigenvalue weighted by Crippen LogP contribution is 2.28. The highest BCUT2D eigenvalue weighted by atomic mass is 16.5. The lowest BCUT2D eigenvalue weighted by atomic mass is 9.95. The van der Waals surface area contributed by atoms with Crippen molar-refractivity contribution in [2.75, 3.05) is 39.4 Å². The molecule has 3 heterocycles. The van der Waals surface area contributed by atoms with Gasteiger partial charge < -0.3 is 30.1 Å². The maximum Gasteiger partial charge on any atom is 0.317 e. The zero-order chi connectivity index (χ0) is 24.6. The van der Waals surface area contributed by atoms with Crippen LogP contribution in [0.3, 0.4) is 0 Å². The molecule has 5 atom stereocenters. The van der Waals surface area contributed by atoms with Crippen LogP contribution in [0.4, 0.5) is 4.79 Å². The van der Waals surface area contributed by atoms with E-state index in [1.54, 1.807) is 4.90 Å². The fourth-order valence-corrected chi connectivity index (χ4v) is 5.34. The average Bonchev–Trinajstić information content (AvgIpc) is 3.27. The molecule has 0 aromatic heterocycles. The SMILES string of the molecule is CCCNC(=O)N1C[C@@H](O)COC[C@H]2O[C@H](CC(=O)N[C@H]3CCN(Cc4ccccc4)C3)CC[C@@H]21. The van der Waals surface area contributed by atoms with Crippen LogP contribution in [-0.2, 0) is 20.8 Å². The molecule has 4 rings (SSSR count). The number of hydrogen-bond acceptors (Lipinski definition) is 6. The van der Waals surface area contributed by atoms with Crippen LogP contribution < -0.4 is 10.6 Å². The Hall–Kier alpha value is -2.20. The van der Waals surface area contributed by atoms with E-state index in [1.807, 2.05) is 13.0 Å². The molecule has 194 valence electrons. The van der Waals surface area contributed by atoms with Gasteiger partial charge in [-0.2, -0.15) is 0 Å². The fourth-order valence-electron chi connectivity index (χ4n) is 5.34. The summed E-state index contributed by atoms with van der Waals surface area (Å²) in [7, 11) is 0. The van der Waals surface area contributed by atoms with Crippen LogP contribution in [-0.4, -0.2) is 96.6 Å². The van der Waals surface area contributed by atoms with E-state index in [0.29, 0.717) is 32.4 Å². The summed E-state index contributed by atoms with van der Waals surface area (Å²) in [6.45, 7) is 6.01. The first-order chi connectivity index (χ1) is 17.0. The zero-order valence-electron chi connectivity index (χ0n) is 20.7. The summed E-state index contributed by atoms with van der Waals surface area (Å²) in [5, 5.41) is 16.3. The molecule has 0 aliphatic carbocycles. The number of urea groups is 1. The Kier molecular flexibility index (Phi) is 9.37. The first kappa shape index (κ1) is 25.9. The molecule has 0 bridgehead atoms. The molecule has 1 aromatic rings. The topological polar surface area (TPSA) is 103 Å². The molecule has 3 N–H and O–H groups in total. The summed E-state index contributed by atoms with van der Waals surface area (Å²) in [4.78, 5) is 29.6. The molecule has 35 heavy (non-hydrogen) atoms. The van der Waals surface area contributed by atoms with Crippen LogP contribution in [0.5, 0.6) is 0 Å². The van der Waals surface area contributed by atoms with E-state index in [0.717, 1.165) is 32.5 Å². The molecule has 3 aliphatic rings. The largest absolute Gasteiger partial charge is 0.389 e. The molecule has 9 nitrogen and oxygen atoms in total. The molecule has 3 fully saturated rings. The molecular formula is C26H40N4O5. The minimum Gasteiger partial charge on any atom is -0.389 e. The van der Waals surface area contributed by atoms with Gasteiger partial charge in [-0.25, -0.2) is 4.79 Å². The second-order valence-corrected chi connectivity index (χ2v) is 9.99. The third kappa shape index (κ3) is 7.39. The van der Waals surface area contributed by atoms with Crippen LogP contribution in [0.25, 0.3) is 0 Å². The molecule has 3 saturated heterocycles. The van der Waals surface area contributed by atoms with E-state index in [2.05, 4.69) is 39.8 Å². The van der Waals surface area contributed by atoms with Gasteiger partial charge in [0.2, 0.25) is 5.91 Å². The van der Waals surface area contributed by atoms with E-state index in [-0.39, 0.29) is 49.4 Å². The molecule has 3 amide bonds. The summed E-state index contributed by atoms with van der Waals surface area (Å²) >= 11 is 0. The normalized spacial score (nSPS) is 29.7. The number of amides is 3. The first-order valence-electron chi connectivity index (χ1n) is 13.0. The highest BCUT2D eigenvalue weighted by Gasteiger charge is 2.40. The first-order valence-corrected chi connectivity index (χ1v) is 13.0. The predicted octanol–water partition coefficient (Wildman–Crippen LogP) is 1.50. The van der Waals surface area contributed by atoms with E-state index < -0.39 is 6.10 Å². The van der Waals surface area contributed by atoms with Crippen LogP contribution in [0, 0.1) is 0 Å². The number of nitrogens with zero attached hydrogens (tertiary/aromatic N) is 2. The van der Waals surface area contributed by atoms with Crippen molar-refractivity contribution in [2.45, 2.75) is 76.0 Å². The number of β-amino-alcohol motifs (C(OH)–C–C–N with tert-alkyl or cyclic N) is 1. The summed E-state index contributed by atoms with van der Waals surface area (Å²) in [5.41, 5.74) is 1.29. The van der Waals surface area contributed by atoms with Gasteiger partial charge in [-0.05, 0) is 31.2 Å². The van der Waals surface area contributed by atoms with Crippen molar-refractivity contribution in [1.82, 2.24) is 20.4 Å². The number of nitrogens with one attached hydrogen (secondary N) is 2. The Balaban J connectivity index is 1.26.